The van der Waals surface area contributed by atoms with Gasteiger partial charge in [0.2, 0.25) is 0 Å². The largest absolute Gasteiger partial charge is 0.496 e. The summed E-state index contributed by atoms with van der Waals surface area (Å²) in [6.45, 7) is 0. The molecule has 4 rings (SSSR count). The molecule has 0 bridgehead atoms. The molecule has 0 fully saturated rings. The van der Waals surface area contributed by atoms with Crippen molar-refractivity contribution in [3.05, 3.63) is 40.8 Å². The molecule has 3 aromatic rings. The second kappa shape index (κ2) is 6.96. The van der Waals surface area contributed by atoms with E-state index in [0.29, 0.717) is 11.5 Å². The van der Waals surface area contributed by atoms with Crippen LogP contribution in [0.2, 0.25) is 0 Å². The van der Waals surface area contributed by atoms with Crippen molar-refractivity contribution in [1.29, 1.82) is 0 Å². The third kappa shape index (κ3) is 2.69. The lowest BCUT2D eigenvalue weighted by Crippen LogP contribution is -1.96. The minimum Gasteiger partial charge on any atom is -0.496 e. The van der Waals surface area contributed by atoms with Gasteiger partial charge in [0, 0.05) is 22.4 Å². The Kier molecular flexibility index (Phi) is 4.66. The molecule has 0 spiro atoms. The number of aromatic nitrogens is 1. The molecule has 26 heavy (non-hydrogen) atoms. The van der Waals surface area contributed by atoms with Crippen molar-refractivity contribution >= 4 is 39.3 Å². The Hall–Kier alpha value is -2.00. The number of ether oxygens (including phenoxy) is 3. The van der Waals surface area contributed by atoms with Crippen LogP contribution in [-0.2, 0) is 6.42 Å². The van der Waals surface area contributed by atoms with E-state index in [9.17, 15) is 0 Å². The average Bonchev–Trinajstić information content (AvgIpc) is 3.24. The lowest BCUT2D eigenvalue weighted by atomic mass is 9.95. The highest BCUT2D eigenvalue weighted by Gasteiger charge is 2.28. The van der Waals surface area contributed by atoms with Gasteiger partial charge in [-0.3, -0.25) is 0 Å². The predicted octanol–water partition coefficient (Wildman–Crippen LogP) is 5.17. The first-order chi connectivity index (χ1) is 12.7. The molecule has 0 saturated carbocycles. The number of rotatable bonds is 5. The van der Waals surface area contributed by atoms with Gasteiger partial charge in [0.15, 0.2) is 16.6 Å². The normalized spacial score (nSPS) is 11.7. The zero-order valence-electron chi connectivity index (χ0n) is 14.6. The second-order valence-electron chi connectivity index (χ2n) is 5.80. The maximum atomic E-state index is 5.67. The van der Waals surface area contributed by atoms with Gasteiger partial charge < -0.3 is 17.7 Å². The molecule has 1 N–H and O–H groups in total. The van der Waals surface area contributed by atoms with Gasteiger partial charge in [0.1, 0.15) is 5.75 Å². The minimum absolute atomic E-state index is 0.701. The van der Waals surface area contributed by atoms with Crippen LogP contribution in [0.1, 0.15) is 10.4 Å². The third-order valence-electron chi connectivity index (χ3n) is 4.54. The molecule has 0 atom stereocenters. The molecule has 2 aromatic carbocycles. The summed E-state index contributed by atoms with van der Waals surface area (Å²) in [7, 11) is 4.99. The number of nitrogens with one attached hydrogen (secondary N) is 1. The maximum Gasteiger partial charge on any atom is 0.192 e. The summed E-state index contributed by atoms with van der Waals surface area (Å²) in [6.07, 6.45) is 0.849. The third-order valence-corrected chi connectivity index (χ3v) is 6.39. The molecule has 134 valence electrons. The smallest absolute Gasteiger partial charge is 0.192 e. The molecule has 0 amide bonds. The van der Waals surface area contributed by atoms with Gasteiger partial charge in [-0.2, -0.15) is 0 Å². The van der Waals surface area contributed by atoms with Gasteiger partial charge in [-0.15, -0.1) is 11.3 Å². The van der Waals surface area contributed by atoms with Crippen LogP contribution >= 0.6 is 34.2 Å². The van der Waals surface area contributed by atoms with Crippen molar-refractivity contribution in [2.45, 2.75) is 6.42 Å². The number of hydrogen-bond donors (Lipinski definition) is 1. The van der Waals surface area contributed by atoms with Crippen LogP contribution in [0.25, 0.3) is 22.4 Å². The monoisotopic (exact) mass is 480 g/mol. The van der Waals surface area contributed by atoms with Crippen molar-refractivity contribution in [3.63, 3.8) is 0 Å². The molecule has 0 aliphatic heterocycles. The summed E-state index contributed by atoms with van der Waals surface area (Å²) < 4.78 is 19.6. The first-order valence-electron chi connectivity index (χ1n) is 7.99. The van der Waals surface area contributed by atoms with Gasteiger partial charge >= 0.3 is 0 Å². The number of methoxy groups -OCH3 is 3. The van der Waals surface area contributed by atoms with Crippen molar-refractivity contribution in [3.8, 4) is 39.6 Å². The number of hydrogen-bond acceptors (Lipinski definition) is 6. The summed E-state index contributed by atoms with van der Waals surface area (Å²) in [4.78, 5) is 5.99. The lowest BCUT2D eigenvalue weighted by molar-refractivity contribution is 0.355. The minimum atomic E-state index is 0.701. The van der Waals surface area contributed by atoms with Crippen LogP contribution in [-0.4, -0.2) is 26.3 Å². The number of nitrogens with zero attached hydrogens (tertiary/aromatic N) is 1. The van der Waals surface area contributed by atoms with Crippen LogP contribution < -0.4 is 17.7 Å². The Morgan fingerprint density at radius 3 is 2.42 bits per heavy atom. The lowest BCUT2D eigenvalue weighted by Gasteiger charge is -2.16. The first kappa shape index (κ1) is 17.4. The number of fused-ring (bicyclic) bond motifs is 3. The van der Waals surface area contributed by atoms with Crippen molar-refractivity contribution in [2.24, 2.45) is 0 Å². The highest BCUT2D eigenvalue weighted by Crippen LogP contribution is 2.48. The molecular weight excluding hydrogens is 463 g/mol. The van der Waals surface area contributed by atoms with Crippen molar-refractivity contribution in [1.82, 2.24) is 4.98 Å². The number of benzene rings is 2. The van der Waals surface area contributed by atoms with E-state index in [-0.39, 0.29) is 0 Å². The maximum absolute atomic E-state index is 5.67. The van der Waals surface area contributed by atoms with Crippen LogP contribution in [0.3, 0.4) is 0 Å². The molecule has 1 aliphatic rings. The van der Waals surface area contributed by atoms with E-state index in [1.54, 1.807) is 32.7 Å². The van der Waals surface area contributed by atoms with E-state index in [1.807, 2.05) is 24.3 Å². The average molecular weight is 480 g/mol. The van der Waals surface area contributed by atoms with Crippen LogP contribution in [0.15, 0.2) is 30.3 Å². The molecule has 0 unspecified atom stereocenters. The van der Waals surface area contributed by atoms with E-state index in [0.717, 1.165) is 34.1 Å². The Labute approximate surface area is 169 Å². The van der Waals surface area contributed by atoms with Gasteiger partial charge in [-0.25, -0.2) is 4.98 Å². The second-order valence-corrected chi connectivity index (χ2v) is 7.42. The SMILES string of the molecule is COc1ccc(-c2c(OC)ccc3c2Cc2sc(NI)nc2-3)cc1OC. The van der Waals surface area contributed by atoms with Crippen LogP contribution in [0, 0.1) is 0 Å². The summed E-state index contributed by atoms with van der Waals surface area (Å²) >= 11 is 3.81. The molecule has 7 heteroatoms. The summed E-state index contributed by atoms with van der Waals surface area (Å²) in [5.74, 6) is 2.26. The van der Waals surface area contributed by atoms with Gasteiger partial charge in [-0.1, -0.05) is 6.07 Å². The van der Waals surface area contributed by atoms with Crippen LogP contribution in [0.5, 0.6) is 17.2 Å². The zero-order chi connectivity index (χ0) is 18.3. The van der Waals surface area contributed by atoms with Gasteiger partial charge in [-0.05, 0) is 35.4 Å². The van der Waals surface area contributed by atoms with E-state index in [4.69, 9.17) is 19.2 Å². The molecule has 1 aromatic heterocycles. The quantitative estimate of drug-likeness (QED) is 0.316. The highest BCUT2D eigenvalue weighted by atomic mass is 127. The standard InChI is InChI=1S/C19H17IN2O3S/c1-23-13-6-4-10(8-15(13)25-3)17-12-9-16-18(21-19(22-20)26-16)11(12)5-7-14(17)24-2/h4-8H,9H2,1-3H3,(H,21,22). The zero-order valence-corrected chi connectivity index (χ0v) is 17.5. The molecule has 0 radical (unpaired) electrons. The first-order valence-corrected chi connectivity index (χ1v) is 9.88. The fraction of sp³-hybridized carbons (Fsp3) is 0.211. The van der Waals surface area contributed by atoms with Gasteiger partial charge in [0.25, 0.3) is 0 Å². The van der Waals surface area contributed by atoms with Crippen molar-refractivity contribution in [2.75, 3.05) is 24.9 Å². The molecule has 1 heterocycles. The van der Waals surface area contributed by atoms with E-state index in [1.165, 1.54) is 16.0 Å². The highest BCUT2D eigenvalue weighted by molar-refractivity contribution is 14.1. The molecular formula is C19H17IN2O3S. The van der Waals surface area contributed by atoms with E-state index >= 15 is 0 Å². The Morgan fingerprint density at radius 1 is 1.00 bits per heavy atom. The molecule has 1 aliphatic carbocycles. The molecule has 0 saturated heterocycles. The Morgan fingerprint density at radius 2 is 1.73 bits per heavy atom. The summed E-state index contributed by atoms with van der Waals surface area (Å²) in [6, 6.07) is 10.1. The Balaban J connectivity index is 1.90. The van der Waals surface area contributed by atoms with Gasteiger partial charge in [0.05, 0.1) is 49.9 Å². The van der Waals surface area contributed by atoms with Crippen LogP contribution in [0.4, 0.5) is 5.13 Å². The molecule has 5 nitrogen and oxygen atoms in total. The predicted molar refractivity (Wildman–Crippen MR) is 113 cm³/mol. The van der Waals surface area contributed by atoms with Crippen molar-refractivity contribution < 1.29 is 14.2 Å². The number of thiazole rings is 1. The fourth-order valence-corrected chi connectivity index (χ4v) is 4.72. The fourth-order valence-electron chi connectivity index (χ4n) is 3.39. The van der Waals surface area contributed by atoms with E-state index in [2.05, 4.69) is 32.5 Å². The number of halogens is 1. The topological polar surface area (TPSA) is 52.6 Å². The Bertz CT molecular complexity index is 987. The summed E-state index contributed by atoms with van der Waals surface area (Å²) in [5.41, 5.74) is 5.59. The number of anilines is 1. The summed E-state index contributed by atoms with van der Waals surface area (Å²) in [5, 5.41) is 0.935. The van der Waals surface area contributed by atoms with E-state index < -0.39 is 0 Å².